The molecule has 3 nitrogen and oxygen atoms in total. The minimum atomic E-state index is -0.280. The summed E-state index contributed by atoms with van der Waals surface area (Å²) in [6.07, 6.45) is 3.24. The fraction of sp³-hybridized carbons (Fsp3) is 0. The van der Waals surface area contributed by atoms with Crippen molar-refractivity contribution in [3.8, 4) is 0 Å². The zero-order valence-corrected chi connectivity index (χ0v) is 6.80. The second kappa shape index (κ2) is 2.60. The molecular weight excluding hydrogens is 176 g/mol. The zero-order valence-electron chi connectivity index (χ0n) is 6.04. The summed E-state index contributed by atoms with van der Waals surface area (Å²) in [6.45, 7) is 0. The van der Waals surface area contributed by atoms with Crippen LogP contribution in [0.15, 0.2) is 29.3 Å². The van der Waals surface area contributed by atoms with Crippen molar-refractivity contribution in [1.82, 2.24) is 9.97 Å². The van der Waals surface area contributed by atoms with Crippen LogP contribution in [-0.4, -0.2) is 9.97 Å². The summed E-state index contributed by atoms with van der Waals surface area (Å²) in [5.74, 6) is 0. The molecule has 60 valence electrons. The third-order valence-corrected chi connectivity index (χ3v) is 1.88. The lowest BCUT2D eigenvalue weighted by atomic mass is 10.3. The van der Waals surface area contributed by atoms with Gasteiger partial charge in [-0.05, 0) is 12.1 Å². The van der Waals surface area contributed by atoms with Crippen LogP contribution in [0.4, 0.5) is 0 Å². The van der Waals surface area contributed by atoms with E-state index in [9.17, 15) is 4.79 Å². The lowest BCUT2D eigenvalue weighted by Crippen LogP contribution is -2.05. The van der Waals surface area contributed by atoms with Crippen molar-refractivity contribution in [1.29, 1.82) is 0 Å². The van der Waals surface area contributed by atoms with E-state index in [2.05, 4.69) is 9.97 Å². The number of pyridine rings is 2. The summed E-state index contributed by atoms with van der Waals surface area (Å²) in [7, 11) is 0. The smallest absolute Gasteiger partial charge is 0.267 e. The number of hydrogen-bond acceptors (Lipinski definition) is 2. The maximum absolute atomic E-state index is 11.0. The highest BCUT2D eigenvalue weighted by Crippen LogP contribution is 2.10. The molecule has 0 spiro atoms. The maximum Gasteiger partial charge on any atom is 0.267 e. The Kier molecular flexibility index (Phi) is 1.59. The highest BCUT2D eigenvalue weighted by Gasteiger charge is 1.97. The number of aromatic amines is 1. The maximum atomic E-state index is 11.0. The van der Waals surface area contributed by atoms with Crippen LogP contribution in [0.1, 0.15) is 0 Å². The Bertz CT molecular complexity index is 478. The van der Waals surface area contributed by atoms with Crippen molar-refractivity contribution in [2.75, 3.05) is 0 Å². The van der Waals surface area contributed by atoms with Gasteiger partial charge in [-0.2, -0.15) is 0 Å². The van der Waals surface area contributed by atoms with Crippen LogP contribution in [0.3, 0.4) is 0 Å². The van der Waals surface area contributed by atoms with Gasteiger partial charge in [0.1, 0.15) is 5.02 Å². The minimum absolute atomic E-state index is 0.203. The number of nitrogens with zero attached hydrogens (tertiary/aromatic N) is 1. The van der Waals surface area contributed by atoms with E-state index < -0.39 is 0 Å². The molecule has 0 amide bonds. The van der Waals surface area contributed by atoms with Crippen molar-refractivity contribution < 1.29 is 0 Å². The van der Waals surface area contributed by atoms with Crippen molar-refractivity contribution in [2.45, 2.75) is 0 Å². The summed E-state index contributed by atoms with van der Waals surface area (Å²) in [5.41, 5.74) is 0.420. The van der Waals surface area contributed by atoms with E-state index in [4.69, 9.17) is 11.6 Å². The average molecular weight is 181 g/mol. The third-order valence-electron chi connectivity index (χ3n) is 1.60. The summed E-state index contributed by atoms with van der Waals surface area (Å²) in [5, 5.41) is 1.09. The summed E-state index contributed by atoms with van der Waals surface area (Å²) >= 11 is 5.62. The molecule has 2 rings (SSSR count). The molecule has 12 heavy (non-hydrogen) atoms. The van der Waals surface area contributed by atoms with E-state index in [-0.39, 0.29) is 10.6 Å². The Hall–Kier alpha value is -1.35. The molecule has 0 radical (unpaired) electrons. The highest BCUT2D eigenvalue weighted by atomic mass is 35.5. The van der Waals surface area contributed by atoms with Crippen molar-refractivity contribution in [2.24, 2.45) is 0 Å². The topological polar surface area (TPSA) is 45.8 Å². The first-order valence-corrected chi connectivity index (χ1v) is 3.78. The monoisotopic (exact) mass is 180 g/mol. The molecule has 0 saturated heterocycles. The first kappa shape index (κ1) is 7.31. The van der Waals surface area contributed by atoms with Gasteiger partial charge in [0.25, 0.3) is 5.56 Å². The van der Waals surface area contributed by atoms with Crippen LogP contribution >= 0.6 is 11.6 Å². The van der Waals surface area contributed by atoms with Gasteiger partial charge in [0.2, 0.25) is 0 Å². The van der Waals surface area contributed by atoms with E-state index in [1.54, 1.807) is 24.5 Å². The molecule has 0 atom stereocenters. The van der Waals surface area contributed by atoms with Crippen molar-refractivity contribution >= 4 is 22.5 Å². The molecule has 2 aromatic rings. The first-order chi connectivity index (χ1) is 5.77. The van der Waals surface area contributed by atoms with Crippen LogP contribution in [0, 0.1) is 0 Å². The third kappa shape index (κ3) is 1.08. The van der Waals surface area contributed by atoms with Crippen molar-refractivity contribution in [3.63, 3.8) is 0 Å². The minimum Gasteiger partial charge on any atom is -0.319 e. The van der Waals surface area contributed by atoms with Gasteiger partial charge in [-0.3, -0.25) is 9.78 Å². The first-order valence-electron chi connectivity index (χ1n) is 3.40. The normalized spacial score (nSPS) is 10.4. The quantitative estimate of drug-likeness (QED) is 0.669. The van der Waals surface area contributed by atoms with Gasteiger partial charge >= 0.3 is 0 Å². The molecule has 0 bridgehead atoms. The predicted octanol–water partition coefficient (Wildman–Crippen LogP) is 1.58. The van der Waals surface area contributed by atoms with Gasteiger partial charge in [-0.15, -0.1) is 0 Å². The van der Waals surface area contributed by atoms with Gasteiger partial charge in [-0.25, -0.2) is 0 Å². The van der Waals surface area contributed by atoms with Gasteiger partial charge in [0.15, 0.2) is 0 Å². The fourth-order valence-electron chi connectivity index (χ4n) is 1.02. The number of fused-ring (bicyclic) bond motifs is 1. The number of H-pyrrole nitrogens is 1. The van der Waals surface area contributed by atoms with Crippen LogP contribution in [0.2, 0.25) is 5.02 Å². The summed E-state index contributed by atoms with van der Waals surface area (Å²) in [6, 6.07) is 3.41. The number of halogens is 1. The second-order valence-electron chi connectivity index (χ2n) is 2.41. The molecule has 0 aliphatic carbocycles. The van der Waals surface area contributed by atoms with E-state index in [1.807, 2.05) is 0 Å². The molecule has 0 aliphatic heterocycles. The summed E-state index contributed by atoms with van der Waals surface area (Å²) < 4.78 is 0. The number of hydrogen-bond donors (Lipinski definition) is 1. The molecule has 0 saturated carbocycles. The molecular formula is C8H5ClN2O. The molecule has 0 aliphatic rings. The molecule has 4 heteroatoms. The molecule has 2 heterocycles. The number of nitrogens with one attached hydrogen (secondary N) is 1. The van der Waals surface area contributed by atoms with Crippen molar-refractivity contribution in [3.05, 3.63) is 39.9 Å². The van der Waals surface area contributed by atoms with Gasteiger partial charge in [0, 0.05) is 11.6 Å². The molecule has 0 fully saturated rings. The SMILES string of the molecule is O=c1[nH]c2cnccc2cc1Cl. The molecule has 1 N–H and O–H groups in total. The van der Waals surface area contributed by atoms with Gasteiger partial charge < -0.3 is 4.98 Å². The van der Waals surface area contributed by atoms with Crippen LogP contribution in [0.25, 0.3) is 10.9 Å². The standard InChI is InChI=1S/C8H5ClN2O/c9-6-3-5-1-2-10-4-7(5)11-8(6)12/h1-4H,(H,11,12). The fourth-order valence-corrected chi connectivity index (χ4v) is 1.18. The van der Waals surface area contributed by atoms with Crippen LogP contribution < -0.4 is 5.56 Å². The Morgan fingerprint density at radius 1 is 1.50 bits per heavy atom. The highest BCUT2D eigenvalue weighted by molar-refractivity contribution is 6.31. The molecule has 2 aromatic heterocycles. The number of rotatable bonds is 0. The lowest BCUT2D eigenvalue weighted by molar-refractivity contribution is 1.26. The molecule has 0 aromatic carbocycles. The lowest BCUT2D eigenvalue weighted by Gasteiger charge is -1.95. The Morgan fingerprint density at radius 2 is 2.33 bits per heavy atom. The summed E-state index contributed by atoms with van der Waals surface area (Å²) in [4.78, 5) is 17.5. The van der Waals surface area contributed by atoms with Crippen LogP contribution in [0.5, 0.6) is 0 Å². The van der Waals surface area contributed by atoms with Gasteiger partial charge in [0.05, 0.1) is 11.7 Å². The van der Waals surface area contributed by atoms with E-state index in [0.717, 1.165) is 5.39 Å². The van der Waals surface area contributed by atoms with E-state index in [1.165, 1.54) is 0 Å². The number of aromatic nitrogens is 2. The largest absolute Gasteiger partial charge is 0.319 e. The van der Waals surface area contributed by atoms with E-state index in [0.29, 0.717) is 5.52 Å². The Morgan fingerprint density at radius 3 is 3.17 bits per heavy atom. The predicted molar refractivity (Wildman–Crippen MR) is 47.4 cm³/mol. The van der Waals surface area contributed by atoms with Crippen LogP contribution in [-0.2, 0) is 0 Å². The van der Waals surface area contributed by atoms with Gasteiger partial charge in [-0.1, -0.05) is 11.6 Å². The zero-order chi connectivity index (χ0) is 8.55. The average Bonchev–Trinajstić information content (AvgIpc) is 2.07. The Labute approximate surface area is 73.0 Å². The second-order valence-corrected chi connectivity index (χ2v) is 2.82. The van der Waals surface area contributed by atoms with E-state index >= 15 is 0 Å². The Balaban J connectivity index is 2.93. The molecule has 0 unspecified atom stereocenters.